The SMILES string of the molecule is CNC(c1ccc(C)s1)C(C)C1CC1. The number of hydrogen-bond donors (Lipinski definition) is 1. The molecule has 1 heterocycles. The van der Waals surface area contributed by atoms with Gasteiger partial charge >= 0.3 is 0 Å². The van der Waals surface area contributed by atoms with Crippen molar-refractivity contribution in [3.8, 4) is 0 Å². The number of nitrogens with one attached hydrogen (secondary N) is 1. The third kappa shape index (κ3) is 2.01. The average Bonchev–Trinajstić information content (AvgIpc) is 2.92. The van der Waals surface area contributed by atoms with Gasteiger partial charge in [0.25, 0.3) is 0 Å². The highest BCUT2D eigenvalue weighted by Gasteiger charge is 2.33. The van der Waals surface area contributed by atoms with E-state index in [0.717, 1.165) is 11.8 Å². The Kier molecular flexibility index (Phi) is 2.93. The van der Waals surface area contributed by atoms with Crippen molar-refractivity contribution in [2.45, 2.75) is 32.7 Å². The first-order valence-electron chi connectivity index (χ1n) is 5.46. The second-order valence-corrected chi connectivity index (χ2v) is 5.73. The van der Waals surface area contributed by atoms with E-state index in [2.05, 4.69) is 38.3 Å². The number of hydrogen-bond acceptors (Lipinski definition) is 2. The van der Waals surface area contributed by atoms with Crippen molar-refractivity contribution in [2.75, 3.05) is 7.05 Å². The van der Waals surface area contributed by atoms with Crippen LogP contribution in [0.1, 0.15) is 35.6 Å². The highest BCUT2D eigenvalue weighted by Crippen LogP contribution is 2.43. The highest BCUT2D eigenvalue weighted by molar-refractivity contribution is 7.12. The maximum absolute atomic E-state index is 3.46. The van der Waals surface area contributed by atoms with Crippen molar-refractivity contribution in [3.63, 3.8) is 0 Å². The van der Waals surface area contributed by atoms with E-state index in [1.807, 2.05) is 11.3 Å². The second kappa shape index (κ2) is 4.03. The summed E-state index contributed by atoms with van der Waals surface area (Å²) < 4.78 is 0. The van der Waals surface area contributed by atoms with Crippen LogP contribution in [-0.4, -0.2) is 7.05 Å². The van der Waals surface area contributed by atoms with E-state index in [0.29, 0.717) is 6.04 Å². The third-order valence-electron chi connectivity index (χ3n) is 3.27. The van der Waals surface area contributed by atoms with Crippen LogP contribution in [0.2, 0.25) is 0 Å². The molecule has 2 heteroatoms. The van der Waals surface area contributed by atoms with Crippen LogP contribution >= 0.6 is 11.3 Å². The molecule has 0 amide bonds. The summed E-state index contributed by atoms with van der Waals surface area (Å²) in [5, 5.41) is 3.46. The predicted octanol–water partition coefficient (Wildman–Crippen LogP) is 3.36. The van der Waals surface area contributed by atoms with Gasteiger partial charge in [-0.1, -0.05) is 6.92 Å². The van der Waals surface area contributed by atoms with Crippen molar-refractivity contribution < 1.29 is 0 Å². The molecule has 78 valence electrons. The molecule has 0 bridgehead atoms. The molecule has 1 aromatic heterocycles. The number of thiophene rings is 1. The average molecular weight is 209 g/mol. The Balaban J connectivity index is 2.11. The van der Waals surface area contributed by atoms with E-state index in [1.165, 1.54) is 22.6 Å². The monoisotopic (exact) mass is 209 g/mol. The Labute approximate surface area is 90.5 Å². The van der Waals surface area contributed by atoms with Crippen molar-refractivity contribution >= 4 is 11.3 Å². The molecular formula is C12H19NS. The quantitative estimate of drug-likeness (QED) is 0.801. The van der Waals surface area contributed by atoms with Gasteiger partial charge in [-0.3, -0.25) is 0 Å². The molecule has 0 spiro atoms. The molecule has 0 radical (unpaired) electrons. The third-order valence-corrected chi connectivity index (χ3v) is 4.35. The largest absolute Gasteiger partial charge is 0.312 e. The lowest BCUT2D eigenvalue weighted by molar-refractivity contribution is 0.374. The summed E-state index contributed by atoms with van der Waals surface area (Å²) in [5.41, 5.74) is 0. The summed E-state index contributed by atoms with van der Waals surface area (Å²) in [6.07, 6.45) is 2.87. The molecule has 1 fully saturated rings. The van der Waals surface area contributed by atoms with Crippen LogP contribution in [0.3, 0.4) is 0 Å². The Morgan fingerprint density at radius 2 is 2.14 bits per heavy atom. The first kappa shape index (κ1) is 10.2. The summed E-state index contributed by atoms with van der Waals surface area (Å²) in [5.74, 6) is 1.76. The van der Waals surface area contributed by atoms with Gasteiger partial charge in [-0.2, -0.15) is 0 Å². The molecule has 0 aliphatic heterocycles. The summed E-state index contributed by atoms with van der Waals surface area (Å²) >= 11 is 1.93. The standard InChI is InChI=1S/C12H19NS/c1-8-4-7-11(14-8)12(13-3)9(2)10-5-6-10/h4,7,9-10,12-13H,5-6H2,1-3H3. The first-order valence-corrected chi connectivity index (χ1v) is 6.27. The van der Waals surface area contributed by atoms with E-state index in [1.54, 1.807) is 0 Å². The molecule has 14 heavy (non-hydrogen) atoms. The van der Waals surface area contributed by atoms with E-state index < -0.39 is 0 Å². The molecule has 0 saturated heterocycles. The van der Waals surface area contributed by atoms with Crippen LogP contribution in [0.25, 0.3) is 0 Å². The first-order chi connectivity index (χ1) is 6.72. The smallest absolute Gasteiger partial charge is 0.0441 e. The topological polar surface area (TPSA) is 12.0 Å². The Morgan fingerprint density at radius 1 is 1.43 bits per heavy atom. The molecule has 1 nitrogen and oxygen atoms in total. The molecule has 1 N–H and O–H groups in total. The fourth-order valence-corrected chi connectivity index (χ4v) is 3.28. The van der Waals surface area contributed by atoms with Gasteiger partial charge in [0.15, 0.2) is 0 Å². The lowest BCUT2D eigenvalue weighted by atomic mass is 9.95. The Bertz CT molecular complexity index is 301. The summed E-state index contributed by atoms with van der Waals surface area (Å²) in [7, 11) is 2.08. The van der Waals surface area contributed by atoms with Gasteiger partial charge in [-0.25, -0.2) is 0 Å². The summed E-state index contributed by atoms with van der Waals surface area (Å²) in [6.45, 7) is 4.57. The van der Waals surface area contributed by atoms with Crippen molar-refractivity contribution in [1.82, 2.24) is 5.32 Å². The predicted molar refractivity (Wildman–Crippen MR) is 62.7 cm³/mol. The second-order valence-electron chi connectivity index (χ2n) is 4.41. The maximum atomic E-state index is 3.46. The van der Waals surface area contributed by atoms with Gasteiger partial charge in [-0.15, -0.1) is 11.3 Å². The van der Waals surface area contributed by atoms with E-state index in [9.17, 15) is 0 Å². The fraction of sp³-hybridized carbons (Fsp3) is 0.667. The highest BCUT2D eigenvalue weighted by atomic mass is 32.1. The van der Waals surface area contributed by atoms with Gasteiger partial charge in [0, 0.05) is 15.8 Å². The van der Waals surface area contributed by atoms with Crippen LogP contribution in [0, 0.1) is 18.8 Å². The summed E-state index contributed by atoms with van der Waals surface area (Å²) in [6, 6.07) is 5.07. The molecule has 1 saturated carbocycles. The van der Waals surface area contributed by atoms with Crippen molar-refractivity contribution in [1.29, 1.82) is 0 Å². The molecule has 2 unspecified atom stereocenters. The molecule has 1 aliphatic carbocycles. The number of aryl methyl sites for hydroxylation is 1. The summed E-state index contributed by atoms with van der Waals surface area (Å²) in [4.78, 5) is 2.92. The van der Waals surface area contributed by atoms with Crippen LogP contribution in [0.15, 0.2) is 12.1 Å². The molecule has 1 aliphatic rings. The van der Waals surface area contributed by atoms with E-state index in [4.69, 9.17) is 0 Å². The minimum atomic E-state index is 0.571. The maximum Gasteiger partial charge on any atom is 0.0441 e. The van der Waals surface area contributed by atoms with Crippen LogP contribution < -0.4 is 5.32 Å². The van der Waals surface area contributed by atoms with Crippen LogP contribution in [-0.2, 0) is 0 Å². The molecule has 2 atom stereocenters. The van der Waals surface area contributed by atoms with Crippen molar-refractivity contribution in [3.05, 3.63) is 21.9 Å². The van der Waals surface area contributed by atoms with E-state index in [-0.39, 0.29) is 0 Å². The van der Waals surface area contributed by atoms with Gasteiger partial charge in [0.2, 0.25) is 0 Å². The van der Waals surface area contributed by atoms with Crippen LogP contribution in [0.5, 0.6) is 0 Å². The zero-order valence-electron chi connectivity index (χ0n) is 9.21. The van der Waals surface area contributed by atoms with E-state index >= 15 is 0 Å². The van der Waals surface area contributed by atoms with Crippen molar-refractivity contribution in [2.24, 2.45) is 11.8 Å². The van der Waals surface area contributed by atoms with Gasteiger partial charge < -0.3 is 5.32 Å². The molecule has 0 aromatic carbocycles. The normalized spacial score (nSPS) is 20.8. The molecule has 2 rings (SSSR count). The fourth-order valence-electron chi connectivity index (χ4n) is 2.18. The van der Waals surface area contributed by atoms with Crippen LogP contribution in [0.4, 0.5) is 0 Å². The lowest BCUT2D eigenvalue weighted by Crippen LogP contribution is -2.23. The van der Waals surface area contributed by atoms with Gasteiger partial charge in [0.1, 0.15) is 0 Å². The minimum Gasteiger partial charge on any atom is -0.312 e. The minimum absolute atomic E-state index is 0.571. The molecule has 1 aromatic rings. The lowest BCUT2D eigenvalue weighted by Gasteiger charge is -2.22. The van der Waals surface area contributed by atoms with Gasteiger partial charge in [0.05, 0.1) is 0 Å². The number of rotatable bonds is 4. The Hall–Kier alpha value is -0.340. The van der Waals surface area contributed by atoms with Gasteiger partial charge in [-0.05, 0) is 50.8 Å². The Morgan fingerprint density at radius 3 is 2.57 bits per heavy atom. The molecular weight excluding hydrogens is 190 g/mol. The zero-order chi connectivity index (χ0) is 10.1. The zero-order valence-corrected chi connectivity index (χ0v) is 10.0.